The maximum atomic E-state index is 14.0. The van der Waals surface area contributed by atoms with Crippen LogP contribution in [-0.4, -0.2) is 79.4 Å². The van der Waals surface area contributed by atoms with Crippen LogP contribution in [0.15, 0.2) is 72.8 Å². The van der Waals surface area contributed by atoms with Gasteiger partial charge in [-0.3, -0.25) is 24.1 Å². The molecule has 2 N–H and O–H groups in total. The first-order chi connectivity index (χ1) is 28.4. The molecule has 59 heavy (non-hydrogen) atoms. The van der Waals surface area contributed by atoms with Crippen LogP contribution in [-0.2, 0) is 51.3 Å². The summed E-state index contributed by atoms with van der Waals surface area (Å²) in [6.07, 6.45) is 5.47. The molecule has 0 aliphatic heterocycles. The SMILES string of the molecule is CCOC(=O)CCC(=O)N(C)CCN(Cc1cccc(C(=O)Nc2sc3c(c2C(=O)Nc2ccc(CCc4ccc(C(=O)OC)cc4)cc2)CCCC3)c1)[C@@H](C)C(C)C. The van der Waals surface area contributed by atoms with Crippen LogP contribution >= 0.6 is 11.3 Å². The van der Waals surface area contributed by atoms with Gasteiger partial charge in [0.15, 0.2) is 0 Å². The van der Waals surface area contributed by atoms with Crippen LogP contribution in [0, 0.1) is 5.92 Å². The molecule has 5 rings (SSSR count). The summed E-state index contributed by atoms with van der Waals surface area (Å²) in [5.41, 5.74) is 6.44. The lowest BCUT2D eigenvalue weighted by molar-refractivity contribution is -0.145. The second-order valence-electron chi connectivity index (χ2n) is 15.5. The average molecular weight is 823 g/mol. The van der Waals surface area contributed by atoms with E-state index in [4.69, 9.17) is 9.47 Å². The number of likely N-dealkylation sites (N-methyl/N-ethyl adjacent to an activating group) is 1. The second kappa shape index (κ2) is 21.6. The topological polar surface area (TPSA) is 134 Å². The van der Waals surface area contributed by atoms with Crippen molar-refractivity contribution in [3.05, 3.63) is 117 Å². The summed E-state index contributed by atoms with van der Waals surface area (Å²) in [4.78, 5) is 69.2. The Morgan fingerprint density at radius 1 is 0.780 bits per heavy atom. The normalized spacial score (nSPS) is 12.7. The molecule has 1 aliphatic carbocycles. The molecule has 0 fully saturated rings. The number of hydrogen-bond acceptors (Lipinski definition) is 9. The summed E-state index contributed by atoms with van der Waals surface area (Å²) in [5, 5.41) is 6.76. The van der Waals surface area contributed by atoms with Crippen LogP contribution < -0.4 is 10.6 Å². The van der Waals surface area contributed by atoms with Gasteiger partial charge in [0, 0.05) is 55.3 Å². The molecule has 0 saturated carbocycles. The summed E-state index contributed by atoms with van der Waals surface area (Å²) < 4.78 is 9.75. The van der Waals surface area contributed by atoms with Gasteiger partial charge in [0.05, 0.1) is 31.3 Å². The average Bonchev–Trinajstić information content (AvgIpc) is 3.61. The van der Waals surface area contributed by atoms with Gasteiger partial charge in [0.1, 0.15) is 5.00 Å². The number of carbonyl (C=O) groups excluding carboxylic acids is 5. The maximum absolute atomic E-state index is 14.0. The first kappa shape index (κ1) is 44.8. The Morgan fingerprint density at radius 3 is 2.12 bits per heavy atom. The van der Waals surface area contributed by atoms with E-state index in [1.807, 2.05) is 54.6 Å². The zero-order valence-corrected chi connectivity index (χ0v) is 36.0. The van der Waals surface area contributed by atoms with Gasteiger partial charge in [-0.25, -0.2) is 4.79 Å². The molecule has 4 aromatic rings. The molecule has 12 heteroatoms. The number of methoxy groups -OCH3 is 1. The number of fused-ring (bicyclic) bond motifs is 1. The van der Waals surface area contributed by atoms with Crippen LogP contribution in [0.5, 0.6) is 0 Å². The number of hydrogen-bond donors (Lipinski definition) is 2. The number of aryl methyl sites for hydroxylation is 3. The van der Waals surface area contributed by atoms with Gasteiger partial charge >= 0.3 is 11.9 Å². The Morgan fingerprint density at radius 2 is 1.46 bits per heavy atom. The number of amides is 3. The zero-order chi connectivity index (χ0) is 42.5. The standard InChI is InChI=1S/C47H58N4O7S/c1-7-58-42(53)26-25-41(52)50(5)27-28-51(32(4)31(2)3)30-35-11-10-12-37(29-35)44(54)49-46-43(39-13-8-9-14-40(39)59-46)45(55)48-38-23-19-34(20-24-38)16-15-33-17-21-36(22-18-33)47(56)57-6/h10-12,17-24,29,31-32H,7-9,13-16,25-28,30H2,1-6H3,(H,48,55)(H,49,54)/t32-/m0/s1. The van der Waals surface area contributed by atoms with Crippen LogP contribution in [0.25, 0.3) is 0 Å². The third-order valence-electron chi connectivity index (χ3n) is 11.0. The van der Waals surface area contributed by atoms with E-state index in [1.165, 1.54) is 18.4 Å². The fraction of sp³-hybridized carbons (Fsp3) is 0.426. The Hall–Kier alpha value is -5.33. The van der Waals surface area contributed by atoms with Crippen LogP contribution in [0.4, 0.5) is 10.7 Å². The fourth-order valence-electron chi connectivity index (χ4n) is 7.16. The van der Waals surface area contributed by atoms with E-state index in [2.05, 4.69) is 36.3 Å². The number of nitrogens with one attached hydrogen (secondary N) is 2. The van der Waals surface area contributed by atoms with E-state index >= 15 is 0 Å². The minimum Gasteiger partial charge on any atom is -0.466 e. The number of anilines is 2. The summed E-state index contributed by atoms with van der Waals surface area (Å²) in [7, 11) is 3.12. The number of benzene rings is 3. The Kier molecular flexibility index (Phi) is 16.4. The van der Waals surface area contributed by atoms with E-state index in [-0.39, 0.29) is 48.5 Å². The molecule has 3 aromatic carbocycles. The molecular weight excluding hydrogens is 765 g/mol. The number of rotatable bonds is 19. The summed E-state index contributed by atoms with van der Waals surface area (Å²) in [5.74, 6) is -1.00. The molecule has 1 heterocycles. The molecule has 0 spiro atoms. The number of ether oxygens (including phenoxy) is 2. The van der Waals surface area contributed by atoms with Crippen molar-refractivity contribution in [2.24, 2.45) is 5.92 Å². The number of esters is 2. The summed E-state index contributed by atoms with van der Waals surface area (Å²) in [6, 6.07) is 23.0. The predicted molar refractivity (Wildman–Crippen MR) is 233 cm³/mol. The van der Waals surface area contributed by atoms with Crippen molar-refractivity contribution in [2.75, 3.05) is 44.5 Å². The molecule has 1 aromatic heterocycles. The third-order valence-corrected chi connectivity index (χ3v) is 12.2. The Labute approximate surface area is 352 Å². The van der Waals surface area contributed by atoms with Crippen molar-refractivity contribution in [3.63, 3.8) is 0 Å². The first-order valence-electron chi connectivity index (χ1n) is 20.6. The van der Waals surface area contributed by atoms with Crippen molar-refractivity contribution < 1.29 is 33.4 Å². The van der Waals surface area contributed by atoms with Crippen LogP contribution in [0.3, 0.4) is 0 Å². The van der Waals surface area contributed by atoms with E-state index in [1.54, 1.807) is 37.1 Å². The second-order valence-corrected chi connectivity index (χ2v) is 16.6. The van der Waals surface area contributed by atoms with E-state index in [0.29, 0.717) is 59.5 Å². The molecule has 314 valence electrons. The van der Waals surface area contributed by atoms with Gasteiger partial charge in [-0.1, -0.05) is 50.2 Å². The van der Waals surface area contributed by atoms with Crippen molar-refractivity contribution >= 4 is 51.7 Å². The number of thiophene rings is 1. The lowest BCUT2D eigenvalue weighted by atomic mass is 9.95. The highest BCUT2D eigenvalue weighted by molar-refractivity contribution is 7.17. The van der Waals surface area contributed by atoms with Gasteiger partial charge in [-0.05, 0) is 117 Å². The highest BCUT2D eigenvalue weighted by Gasteiger charge is 2.27. The van der Waals surface area contributed by atoms with E-state index in [9.17, 15) is 24.0 Å². The zero-order valence-electron chi connectivity index (χ0n) is 35.2. The first-order valence-corrected chi connectivity index (χ1v) is 21.4. The van der Waals surface area contributed by atoms with Crippen LogP contribution in [0.2, 0.25) is 0 Å². The third kappa shape index (κ3) is 12.6. The highest BCUT2D eigenvalue weighted by atomic mass is 32.1. The number of nitrogens with zero attached hydrogens (tertiary/aromatic N) is 2. The quantitative estimate of drug-likeness (QED) is 0.0902. The van der Waals surface area contributed by atoms with Gasteiger partial charge < -0.3 is 25.0 Å². The van der Waals surface area contributed by atoms with Gasteiger partial charge in [0.25, 0.3) is 11.8 Å². The maximum Gasteiger partial charge on any atom is 0.337 e. The summed E-state index contributed by atoms with van der Waals surface area (Å²) >= 11 is 1.49. The van der Waals surface area contributed by atoms with Crippen molar-refractivity contribution in [1.29, 1.82) is 0 Å². The van der Waals surface area contributed by atoms with Crippen LogP contribution in [0.1, 0.15) is 112 Å². The minimum atomic E-state index is -0.371. The molecule has 0 radical (unpaired) electrons. The van der Waals surface area contributed by atoms with Crippen molar-refractivity contribution in [1.82, 2.24) is 9.80 Å². The molecule has 1 aliphatic rings. The fourth-order valence-corrected chi connectivity index (χ4v) is 8.44. The van der Waals surface area contributed by atoms with Gasteiger partial charge in [-0.15, -0.1) is 11.3 Å². The highest BCUT2D eigenvalue weighted by Crippen LogP contribution is 2.39. The Balaban J connectivity index is 1.23. The molecule has 11 nitrogen and oxygen atoms in total. The summed E-state index contributed by atoms with van der Waals surface area (Å²) in [6.45, 7) is 10.2. The minimum absolute atomic E-state index is 0.0621. The van der Waals surface area contributed by atoms with Gasteiger partial charge in [-0.2, -0.15) is 0 Å². The molecule has 3 amide bonds. The van der Waals surface area contributed by atoms with E-state index < -0.39 is 0 Å². The van der Waals surface area contributed by atoms with Gasteiger partial charge in [0.2, 0.25) is 5.91 Å². The number of carbonyl (C=O) groups is 5. The molecule has 0 saturated heterocycles. The molecule has 0 bridgehead atoms. The predicted octanol–water partition coefficient (Wildman–Crippen LogP) is 8.35. The van der Waals surface area contributed by atoms with Crippen molar-refractivity contribution in [3.8, 4) is 0 Å². The monoisotopic (exact) mass is 822 g/mol. The lowest BCUT2D eigenvalue weighted by Crippen LogP contribution is -2.42. The van der Waals surface area contributed by atoms with Crippen molar-refractivity contribution in [2.45, 2.75) is 91.6 Å². The largest absolute Gasteiger partial charge is 0.466 e. The molecule has 1 atom stereocenters. The molecule has 0 unspecified atom stereocenters. The van der Waals surface area contributed by atoms with E-state index in [0.717, 1.165) is 65.7 Å². The smallest absolute Gasteiger partial charge is 0.337 e. The Bertz CT molecular complexity index is 2080. The molecular formula is C47H58N4O7S. The lowest BCUT2D eigenvalue weighted by Gasteiger charge is -2.33.